The number of nitrogens with zero attached hydrogens (tertiary/aromatic N) is 1. The van der Waals surface area contributed by atoms with Crippen LogP contribution in [0.15, 0.2) is 0 Å². The molecule has 1 fully saturated rings. The van der Waals surface area contributed by atoms with E-state index in [-0.39, 0.29) is 0 Å². The molecule has 0 spiro atoms. The smallest absolute Gasteiger partial charge is 0.303 e. The van der Waals surface area contributed by atoms with Gasteiger partial charge in [0.05, 0.1) is 6.61 Å². The molecule has 1 atom stereocenters. The molecule has 0 amide bonds. The summed E-state index contributed by atoms with van der Waals surface area (Å²) in [5.41, 5.74) is 0. The maximum atomic E-state index is 10.5. The second-order valence-corrected chi connectivity index (χ2v) is 4.72. The zero-order chi connectivity index (χ0) is 12.0. The number of hydrogen-bond acceptors (Lipinski definition) is 3. The van der Waals surface area contributed by atoms with Crippen LogP contribution < -0.4 is 0 Å². The number of piperidine rings is 1. The number of carboxylic acids is 1. The monoisotopic (exact) mass is 229 g/mol. The van der Waals surface area contributed by atoms with Gasteiger partial charge in [-0.3, -0.25) is 9.69 Å². The third-order valence-electron chi connectivity index (χ3n) is 3.45. The maximum absolute atomic E-state index is 10.5. The molecule has 16 heavy (non-hydrogen) atoms. The van der Waals surface area contributed by atoms with Crippen molar-refractivity contribution in [3.05, 3.63) is 0 Å². The highest BCUT2D eigenvalue weighted by Crippen LogP contribution is 2.23. The summed E-state index contributed by atoms with van der Waals surface area (Å²) in [6, 6.07) is 0.477. The molecule has 0 aromatic carbocycles. The third-order valence-corrected chi connectivity index (χ3v) is 3.45. The molecule has 0 aliphatic carbocycles. The van der Waals surface area contributed by atoms with E-state index in [1.807, 2.05) is 0 Å². The second kappa shape index (κ2) is 6.86. The fraction of sp³-hybridized carbons (Fsp3) is 0.917. The van der Waals surface area contributed by atoms with E-state index in [2.05, 4.69) is 11.8 Å². The van der Waals surface area contributed by atoms with Gasteiger partial charge in [-0.1, -0.05) is 0 Å². The van der Waals surface area contributed by atoms with Gasteiger partial charge in [0.1, 0.15) is 0 Å². The predicted molar refractivity (Wildman–Crippen MR) is 62.5 cm³/mol. The second-order valence-electron chi connectivity index (χ2n) is 4.72. The van der Waals surface area contributed by atoms with Gasteiger partial charge in [0.2, 0.25) is 0 Å². The van der Waals surface area contributed by atoms with E-state index in [0.29, 0.717) is 18.4 Å². The zero-order valence-corrected chi connectivity index (χ0v) is 10.3. The van der Waals surface area contributed by atoms with E-state index < -0.39 is 5.97 Å². The Morgan fingerprint density at radius 1 is 1.50 bits per heavy atom. The highest BCUT2D eigenvalue weighted by atomic mass is 16.5. The molecule has 0 radical (unpaired) electrons. The standard InChI is InChI=1S/C12H23NO3/c1-10(9-16-2)13-7-5-11(6-8-13)3-4-12(14)15/h10-11H,3-9H2,1-2H3,(H,14,15). The Labute approximate surface area is 97.6 Å². The van der Waals surface area contributed by atoms with Crippen molar-refractivity contribution in [3.63, 3.8) is 0 Å². The predicted octanol–water partition coefficient (Wildman–Crippen LogP) is 1.60. The van der Waals surface area contributed by atoms with Crippen LogP contribution >= 0.6 is 0 Å². The molecule has 1 heterocycles. The van der Waals surface area contributed by atoms with Crippen molar-refractivity contribution in [1.29, 1.82) is 0 Å². The number of carbonyl (C=O) groups is 1. The Bertz CT molecular complexity index is 212. The molecular formula is C12H23NO3. The minimum Gasteiger partial charge on any atom is -0.481 e. The molecule has 4 heteroatoms. The first kappa shape index (κ1) is 13.5. The van der Waals surface area contributed by atoms with Crippen LogP contribution in [0.4, 0.5) is 0 Å². The van der Waals surface area contributed by atoms with Crippen LogP contribution in [-0.4, -0.2) is 48.8 Å². The molecule has 0 aromatic rings. The summed E-state index contributed by atoms with van der Waals surface area (Å²) < 4.78 is 5.14. The Hall–Kier alpha value is -0.610. The first-order chi connectivity index (χ1) is 7.63. The fourth-order valence-corrected chi connectivity index (χ4v) is 2.36. The van der Waals surface area contributed by atoms with Crippen LogP contribution in [0.25, 0.3) is 0 Å². The first-order valence-corrected chi connectivity index (χ1v) is 6.08. The molecule has 1 N–H and O–H groups in total. The summed E-state index contributed by atoms with van der Waals surface area (Å²) >= 11 is 0. The van der Waals surface area contributed by atoms with Crippen molar-refractivity contribution in [2.45, 2.75) is 38.6 Å². The van der Waals surface area contributed by atoms with Gasteiger partial charge in [-0.15, -0.1) is 0 Å². The summed E-state index contributed by atoms with van der Waals surface area (Å²) in [4.78, 5) is 12.9. The summed E-state index contributed by atoms with van der Waals surface area (Å²) in [5, 5.41) is 8.63. The SMILES string of the molecule is COCC(C)N1CCC(CCC(=O)O)CC1. The lowest BCUT2D eigenvalue weighted by Crippen LogP contribution is -2.42. The molecule has 0 saturated carbocycles. The highest BCUT2D eigenvalue weighted by molar-refractivity contribution is 5.66. The molecule has 1 unspecified atom stereocenters. The summed E-state index contributed by atoms with van der Waals surface area (Å²) in [6.45, 7) is 5.12. The lowest BCUT2D eigenvalue weighted by molar-refractivity contribution is -0.137. The zero-order valence-electron chi connectivity index (χ0n) is 10.3. The Morgan fingerprint density at radius 2 is 2.12 bits per heavy atom. The van der Waals surface area contributed by atoms with Crippen molar-refractivity contribution < 1.29 is 14.6 Å². The van der Waals surface area contributed by atoms with Gasteiger partial charge in [0.15, 0.2) is 0 Å². The molecule has 1 saturated heterocycles. The number of likely N-dealkylation sites (tertiary alicyclic amines) is 1. The Morgan fingerprint density at radius 3 is 2.62 bits per heavy atom. The van der Waals surface area contributed by atoms with E-state index in [0.717, 1.165) is 39.0 Å². The topological polar surface area (TPSA) is 49.8 Å². The van der Waals surface area contributed by atoms with Gasteiger partial charge < -0.3 is 9.84 Å². The van der Waals surface area contributed by atoms with E-state index in [1.54, 1.807) is 7.11 Å². The lowest BCUT2D eigenvalue weighted by Gasteiger charge is -2.35. The molecule has 1 aliphatic heterocycles. The number of rotatable bonds is 6. The maximum Gasteiger partial charge on any atom is 0.303 e. The van der Waals surface area contributed by atoms with Crippen molar-refractivity contribution in [1.82, 2.24) is 4.90 Å². The van der Waals surface area contributed by atoms with Crippen LogP contribution in [-0.2, 0) is 9.53 Å². The van der Waals surface area contributed by atoms with Crippen LogP contribution in [0, 0.1) is 5.92 Å². The van der Waals surface area contributed by atoms with Gasteiger partial charge in [-0.25, -0.2) is 0 Å². The Kier molecular flexibility index (Phi) is 5.77. The van der Waals surface area contributed by atoms with Gasteiger partial charge in [0.25, 0.3) is 0 Å². The quantitative estimate of drug-likeness (QED) is 0.751. The van der Waals surface area contributed by atoms with Crippen LogP contribution in [0.3, 0.4) is 0 Å². The average Bonchev–Trinajstić information content (AvgIpc) is 2.27. The van der Waals surface area contributed by atoms with Crippen molar-refractivity contribution in [3.8, 4) is 0 Å². The normalized spacial score (nSPS) is 20.9. The number of methoxy groups -OCH3 is 1. The van der Waals surface area contributed by atoms with Crippen molar-refractivity contribution >= 4 is 5.97 Å². The van der Waals surface area contributed by atoms with Gasteiger partial charge in [-0.05, 0) is 45.2 Å². The van der Waals surface area contributed by atoms with E-state index in [9.17, 15) is 4.79 Å². The minimum absolute atomic E-state index is 0.318. The average molecular weight is 229 g/mol. The van der Waals surface area contributed by atoms with Gasteiger partial charge >= 0.3 is 5.97 Å². The molecule has 94 valence electrons. The third kappa shape index (κ3) is 4.49. The van der Waals surface area contributed by atoms with Gasteiger partial charge in [-0.2, -0.15) is 0 Å². The first-order valence-electron chi connectivity index (χ1n) is 6.08. The van der Waals surface area contributed by atoms with Crippen molar-refractivity contribution in [2.24, 2.45) is 5.92 Å². The van der Waals surface area contributed by atoms with Crippen LogP contribution in [0.5, 0.6) is 0 Å². The molecule has 0 aromatic heterocycles. The number of carboxylic acid groups (broad SMARTS) is 1. The summed E-state index contributed by atoms with van der Waals surface area (Å²) in [7, 11) is 1.73. The minimum atomic E-state index is -0.671. The van der Waals surface area contributed by atoms with Crippen molar-refractivity contribution in [2.75, 3.05) is 26.8 Å². The Balaban J connectivity index is 2.20. The summed E-state index contributed by atoms with van der Waals surface area (Å²) in [5.74, 6) is -0.0720. The van der Waals surface area contributed by atoms with Crippen LogP contribution in [0.2, 0.25) is 0 Å². The molecule has 4 nitrogen and oxygen atoms in total. The number of aliphatic carboxylic acids is 1. The molecular weight excluding hydrogens is 206 g/mol. The molecule has 1 rings (SSSR count). The molecule has 0 bridgehead atoms. The lowest BCUT2D eigenvalue weighted by atomic mass is 9.91. The largest absolute Gasteiger partial charge is 0.481 e. The highest BCUT2D eigenvalue weighted by Gasteiger charge is 2.22. The van der Waals surface area contributed by atoms with E-state index in [4.69, 9.17) is 9.84 Å². The van der Waals surface area contributed by atoms with Gasteiger partial charge in [0, 0.05) is 19.6 Å². The van der Waals surface area contributed by atoms with E-state index >= 15 is 0 Å². The van der Waals surface area contributed by atoms with Crippen LogP contribution in [0.1, 0.15) is 32.6 Å². The number of hydrogen-bond donors (Lipinski definition) is 1. The number of ether oxygens (including phenoxy) is 1. The molecule has 1 aliphatic rings. The summed E-state index contributed by atoms with van der Waals surface area (Å²) in [6.07, 6.45) is 3.41. The fourth-order valence-electron chi connectivity index (χ4n) is 2.36. The van der Waals surface area contributed by atoms with E-state index in [1.165, 1.54) is 0 Å².